The van der Waals surface area contributed by atoms with Gasteiger partial charge in [-0.05, 0) is 17.7 Å². The highest BCUT2D eigenvalue weighted by atomic mass is 16.5. The van der Waals surface area contributed by atoms with Gasteiger partial charge in [-0.1, -0.05) is 12.1 Å². The van der Waals surface area contributed by atoms with E-state index in [1.54, 1.807) is 24.3 Å². The molecule has 1 aromatic rings. The molecule has 1 aromatic carbocycles. The summed E-state index contributed by atoms with van der Waals surface area (Å²) >= 11 is 0. The number of aliphatic hydroxyl groups excluding tert-OH is 1. The van der Waals surface area contributed by atoms with Gasteiger partial charge in [0.05, 0.1) is 19.3 Å². The summed E-state index contributed by atoms with van der Waals surface area (Å²) in [6.07, 6.45) is 0. The zero-order valence-electron chi connectivity index (χ0n) is 11.3. The fourth-order valence-corrected chi connectivity index (χ4v) is 1.57. The van der Waals surface area contributed by atoms with Crippen LogP contribution in [0.4, 0.5) is 4.79 Å². The highest BCUT2D eigenvalue weighted by molar-refractivity contribution is 5.94. The van der Waals surface area contributed by atoms with Gasteiger partial charge in [0.25, 0.3) is 5.91 Å². The smallest absolute Gasteiger partial charge is 0.312 e. The van der Waals surface area contributed by atoms with Gasteiger partial charge < -0.3 is 26.2 Å². The number of ether oxygens (including phenoxy) is 1. The number of carbonyl (C=O) groups is 2. The minimum atomic E-state index is -0.600. The second-order valence-corrected chi connectivity index (χ2v) is 4.22. The molecule has 5 N–H and O–H groups in total. The van der Waals surface area contributed by atoms with Crippen LogP contribution in [0, 0.1) is 0 Å². The van der Waals surface area contributed by atoms with Crippen molar-refractivity contribution in [2.24, 2.45) is 5.73 Å². The van der Waals surface area contributed by atoms with Gasteiger partial charge in [0, 0.05) is 19.2 Å². The Balaban J connectivity index is 2.58. The quantitative estimate of drug-likeness (QED) is 0.544. The van der Waals surface area contributed by atoms with Crippen molar-refractivity contribution in [2.75, 3.05) is 20.3 Å². The van der Waals surface area contributed by atoms with E-state index < -0.39 is 12.1 Å². The van der Waals surface area contributed by atoms with E-state index in [1.807, 2.05) is 0 Å². The van der Waals surface area contributed by atoms with Crippen molar-refractivity contribution in [1.29, 1.82) is 0 Å². The van der Waals surface area contributed by atoms with Gasteiger partial charge in [-0.15, -0.1) is 0 Å². The van der Waals surface area contributed by atoms with Gasteiger partial charge in [0.1, 0.15) is 0 Å². The molecule has 0 aliphatic rings. The fourth-order valence-electron chi connectivity index (χ4n) is 1.57. The number of hydrogen-bond acceptors (Lipinski definition) is 4. The third-order valence-electron chi connectivity index (χ3n) is 2.61. The second-order valence-electron chi connectivity index (χ2n) is 4.22. The molecule has 0 aliphatic carbocycles. The van der Waals surface area contributed by atoms with E-state index in [9.17, 15) is 9.59 Å². The Labute approximate surface area is 117 Å². The molecule has 1 rings (SSSR count). The first-order valence-corrected chi connectivity index (χ1v) is 6.09. The molecule has 0 aromatic heterocycles. The molecule has 0 fully saturated rings. The van der Waals surface area contributed by atoms with E-state index in [-0.39, 0.29) is 19.1 Å². The SMILES string of the molecule is COCC(CO)NC(=O)c1ccc(CNC(N)=O)cc1. The van der Waals surface area contributed by atoms with Crippen LogP contribution in [-0.4, -0.2) is 43.4 Å². The molecular weight excluding hydrogens is 262 g/mol. The van der Waals surface area contributed by atoms with Crippen molar-refractivity contribution < 1.29 is 19.4 Å². The zero-order chi connectivity index (χ0) is 15.0. The molecular formula is C13H19N3O4. The molecule has 0 spiro atoms. The molecule has 20 heavy (non-hydrogen) atoms. The lowest BCUT2D eigenvalue weighted by atomic mass is 10.1. The number of carbonyl (C=O) groups excluding carboxylic acids is 2. The summed E-state index contributed by atoms with van der Waals surface area (Å²) in [5.74, 6) is -0.296. The molecule has 110 valence electrons. The maximum Gasteiger partial charge on any atom is 0.312 e. The largest absolute Gasteiger partial charge is 0.394 e. The summed E-state index contributed by atoms with van der Waals surface area (Å²) in [5, 5.41) is 14.2. The van der Waals surface area contributed by atoms with E-state index in [2.05, 4.69) is 10.6 Å². The van der Waals surface area contributed by atoms with E-state index in [1.165, 1.54) is 7.11 Å². The van der Waals surface area contributed by atoms with Gasteiger partial charge in [-0.3, -0.25) is 4.79 Å². The van der Waals surface area contributed by atoms with Crippen LogP contribution in [0.1, 0.15) is 15.9 Å². The van der Waals surface area contributed by atoms with Crippen LogP contribution in [0.3, 0.4) is 0 Å². The van der Waals surface area contributed by atoms with Gasteiger partial charge in [0.15, 0.2) is 0 Å². The topological polar surface area (TPSA) is 114 Å². The summed E-state index contributed by atoms with van der Waals surface area (Å²) in [6.45, 7) is 0.350. The van der Waals surface area contributed by atoms with Crippen molar-refractivity contribution in [3.05, 3.63) is 35.4 Å². The number of methoxy groups -OCH3 is 1. The Morgan fingerprint density at radius 1 is 1.35 bits per heavy atom. The van der Waals surface area contributed by atoms with Crippen molar-refractivity contribution in [1.82, 2.24) is 10.6 Å². The first-order valence-electron chi connectivity index (χ1n) is 6.09. The van der Waals surface area contributed by atoms with E-state index in [4.69, 9.17) is 15.6 Å². The highest BCUT2D eigenvalue weighted by Gasteiger charge is 2.12. The van der Waals surface area contributed by atoms with Crippen LogP contribution in [0.5, 0.6) is 0 Å². The Hall–Kier alpha value is -2.12. The van der Waals surface area contributed by atoms with Crippen molar-refractivity contribution in [3.63, 3.8) is 0 Å². The normalized spacial score (nSPS) is 11.7. The summed E-state index contributed by atoms with van der Waals surface area (Å²) in [7, 11) is 1.50. The van der Waals surface area contributed by atoms with Crippen LogP contribution in [-0.2, 0) is 11.3 Å². The Bertz CT molecular complexity index is 447. The number of rotatable bonds is 7. The lowest BCUT2D eigenvalue weighted by Crippen LogP contribution is -2.40. The van der Waals surface area contributed by atoms with E-state index >= 15 is 0 Å². The van der Waals surface area contributed by atoms with E-state index in [0.29, 0.717) is 12.1 Å². The number of nitrogens with one attached hydrogen (secondary N) is 2. The molecule has 3 amide bonds. The predicted molar refractivity (Wildman–Crippen MR) is 73.1 cm³/mol. The second kappa shape index (κ2) is 8.13. The minimum absolute atomic E-state index is 0.194. The number of nitrogens with two attached hydrogens (primary N) is 1. The Morgan fingerprint density at radius 2 is 2.00 bits per heavy atom. The maximum absolute atomic E-state index is 11.9. The molecule has 1 unspecified atom stereocenters. The molecule has 0 saturated heterocycles. The summed E-state index contributed by atoms with van der Waals surface area (Å²) in [5.41, 5.74) is 6.26. The number of primary amides is 1. The van der Waals surface area contributed by atoms with Crippen LogP contribution in [0.25, 0.3) is 0 Å². The molecule has 7 heteroatoms. The minimum Gasteiger partial charge on any atom is -0.394 e. The Kier molecular flexibility index (Phi) is 6.48. The summed E-state index contributed by atoms with van der Waals surface area (Å²) in [6, 6.07) is 5.66. The molecule has 0 radical (unpaired) electrons. The third-order valence-corrected chi connectivity index (χ3v) is 2.61. The van der Waals surface area contributed by atoms with Crippen molar-refractivity contribution in [3.8, 4) is 0 Å². The zero-order valence-corrected chi connectivity index (χ0v) is 11.3. The standard InChI is InChI=1S/C13H19N3O4/c1-20-8-11(7-17)16-12(18)10-4-2-9(3-5-10)6-15-13(14)19/h2-5,11,17H,6-8H2,1H3,(H,16,18)(H3,14,15,19). The monoisotopic (exact) mass is 281 g/mol. The average Bonchev–Trinajstić information content (AvgIpc) is 2.45. The van der Waals surface area contributed by atoms with Crippen LogP contribution < -0.4 is 16.4 Å². The number of urea groups is 1. The van der Waals surface area contributed by atoms with Crippen molar-refractivity contribution >= 4 is 11.9 Å². The van der Waals surface area contributed by atoms with Crippen LogP contribution >= 0.6 is 0 Å². The molecule has 1 atom stereocenters. The third kappa shape index (κ3) is 5.25. The van der Waals surface area contributed by atoms with Gasteiger partial charge in [-0.2, -0.15) is 0 Å². The van der Waals surface area contributed by atoms with Gasteiger partial charge >= 0.3 is 6.03 Å². The lowest BCUT2D eigenvalue weighted by molar-refractivity contribution is 0.0839. The average molecular weight is 281 g/mol. The number of amides is 3. The molecule has 0 bridgehead atoms. The fraction of sp³-hybridized carbons (Fsp3) is 0.385. The Morgan fingerprint density at radius 3 is 2.50 bits per heavy atom. The van der Waals surface area contributed by atoms with Crippen molar-refractivity contribution in [2.45, 2.75) is 12.6 Å². The highest BCUT2D eigenvalue weighted by Crippen LogP contribution is 2.04. The first-order chi connectivity index (χ1) is 9.56. The molecule has 7 nitrogen and oxygen atoms in total. The lowest BCUT2D eigenvalue weighted by Gasteiger charge is -2.15. The first kappa shape index (κ1) is 15.9. The number of aliphatic hydroxyl groups is 1. The molecule has 0 aliphatic heterocycles. The van der Waals surface area contributed by atoms with Gasteiger partial charge in [-0.25, -0.2) is 4.79 Å². The predicted octanol–water partition coefficient (Wildman–Crippen LogP) is -0.408. The number of hydrogen-bond donors (Lipinski definition) is 4. The number of benzene rings is 1. The molecule has 0 saturated carbocycles. The summed E-state index contributed by atoms with van der Waals surface area (Å²) in [4.78, 5) is 22.5. The van der Waals surface area contributed by atoms with Crippen LogP contribution in [0.15, 0.2) is 24.3 Å². The summed E-state index contributed by atoms with van der Waals surface area (Å²) < 4.78 is 4.88. The van der Waals surface area contributed by atoms with Gasteiger partial charge in [0.2, 0.25) is 0 Å². The molecule has 0 heterocycles. The van der Waals surface area contributed by atoms with Crippen LogP contribution in [0.2, 0.25) is 0 Å². The van der Waals surface area contributed by atoms with E-state index in [0.717, 1.165) is 5.56 Å². The maximum atomic E-state index is 11.9.